The number of carbonyl (C=O) groups excluding carboxylic acids is 1. The standard InChI is InChI=1S/C14H15NOS/c1-11-5-2-3-7-13(11)14(16)15-9-8-12-6-4-10-17-12/h2-7,10H,8-9H2,1H3,(H,15,16). The van der Waals surface area contributed by atoms with Gasteiger partial charge in [0.15, 0.2) is 0 Å². The Bertz CT molecular complexity index is 491. The fourth-order valence-corrected chi connectivity index (χ4v) is 2.39. The lowest BCUT2D eigenvalue weighted by molar-refractivity contribution is 0.0953. The maximum atomic E-state index is 11.9. The Morgan fingerprint density at radius 2 is 2.06 bits per heavy atom. The largest absolute Gasteiger partial charge is 0.352 e. The molecular weight excluding hydrogens is 230 g/mol. The molecule has 0 aliphatic heterocycles. The van der Waals surface area contributed by atoms with E-state index in [-0.39, 0.29) is 5.91 Å². The first kappa shape index (κ1) is 11.9. The third-order valence-corrected chi connectivity index (χ3v) is 3.56. The summed E-state index contributed by atoms with van der Waals surface area (Å²) in [6.07, 6.45) is 0.898. The smallest absolute Gasteiger partial charge is 0.251 e. The highest BCUT2D eigenvalue weighted by Crippen LogP contribution is 2.09. The van der Waals surface area contributed by atoms with Crippen molar-refractivity contribution in [3.05, 3.63) is 57.8 Å². The van der Waals surface area contributed by atoms with Crippen LogP contribution in [0.5, 0.6) is 0 Å². The highest BCUT2D eigenvalue weighted by atomic mass is 32.1. The maximum Gasteiger partial charge on any atom is 0.251 e. The lowest BCUT2D eigenvalue weighted by atomic mass is 10.1. The lowest BCUT2D eigenvalue weighted by Crippen LogP contribution is -2.26. The second kappa shape index (κ2) is 5.64. The van der Waals surface area contributed by atoms with Crippen molar-refractivity contribution in [3.8, 4) is 0 Å². The van der Waals surface area contributed by atoms with Gasteiger partial charge in [0.1, 0.15) is 0 Å². The molecule has 0 bridgehead atoms. The molecule has 3 heteroatoms. The van der Waals surface area contributed by atoms with E-state index in [0.717, 1.165) is 17.5 Å². The van der Waals surface area contributed by atoms with Crippen LogP contribution in [0, 0.1) is 6.92 Å². The van der Waals surface area contributed by atoms with Gasteiger partial charge in [0.2, 0.25) is 0 Å². The molecule has 17 heavy (non-hydrogen) atoms. The molecule has 0 spiro atoms. The molecule has 0 saturated carbocycles. The zero-order valence-electron chi connectivity index (χ0n) is 9.77. The Morgan fingerprint density at radius 3 is 2.76 bits per heavy atom. The highest BCUT2D eigenvalue weighted by Gasteiger charge is 2.06. The zero-order valence-corrected chi connectivity index (χ0v) is 10.6. The number of carbonyl (C=O) groups is 1. The van der Waals surface area contributed by atoms with E-state index in [1.807, 2.05) is 37.3 Å². The number of hydrogen-bond acceptors (Lipinski definition) is 2. The SMILES string of the molecule is Cc1ccccc1C(=O)NCCc1cccs1. The molecule has 1 heterocycles. The lowest BCUT2D eigenvalue weighted by Gasteiger charge is -2.06. The van der Waals surface area contributed by atoms with Gasteiger partial charge in [-0.2, -0.15) is 0 Å². The molecule has 1 N–H and O–H groups in total. The Balaban J connectivity index is 1.88. The van der Waals surface area contributed by atoms with Crippen LogP contribution in [-0.4, -0.2) is 12.5 Å². The quantitative estimate of drug-likeness (QED) is 0.881. The third kappa shape index (κ3) is 3.17. The summed E-state index contributed by atoms with van der Waals surface area (Å²) in [6.45, 7) is 2.64. The average Bonchev–Trinajstić information content (AvgIpc) is 2.82. The van der Waals surface area contributed by atoms with Crippen LogP contribution in [0.2, 0.25) is 0 Å². The van der Waals surface area contributed by atoms with E-state index in [9.17, 15) is 4.79 Å². The first-order valence-electron chi connectivity index (χ1n) is 5.63. The molecular formula is C14H15NOS. The molecule has 0 aliphatic carbocycles. The molecule has 0 unspecified atom stereocenters. The average molecular weight is 245 g/mol. The monoisotopic (exact) mass is 245 g/mol. The van der Waals surface area contributed by atoms with Gasteiger partial charge in [0.05, 0.1) is 0 Å². The van der Waals surface area contributed by atoms with Gasteiger partial charge in [-0.15, -0.1) is 11.3 Å². The fraction of sp³-hybridized carbons (Fsp3) is 0.214. The summed E-state index contributed by atoms with van der Waals surface area (Å²) < 4.78 is 0. The molecule has 0 aliphatic rings. The minimum absolute atomic E-state index is 0.0136. The van der Waals surface area contributed by atoms with Gasteiger partial charge in [0, 0.05) is 17.0 Å². The summed E-state index contributed by atoms with van der Waals surface area (Å²) >= 11 is 1.72. The van der Waals surface area contributed by atoms with E-state index in [2.05, 4.69) is 16.8 Å². The molecule has 0 atom stereocenters. The van der Waals surface area contributed by atoms with Crippen LogP contribution in [0.4, 0.5) is 0 Å². The summed E-state index contributed by atoms with van der Waals surface area (Å²) in [4.78, 5) is 13.2. The third-order valence-electron chi connectivity index (χ3n) is 2.63. The van der Waals surface area contributed by atoms with Gasteiger partial charge in [-0.3, -0.25) is 4.79 Å². The molecule has 2 aromatic rings. The Kier molecular flexibility index (Phi) is 3.94. The highest BCUT2D eigenvalue weighted by molar-refractivity contribution is 7.09. The van der Waals surface area contributed by atoms with Crippen LogP contribution in [0.15, 0.2) is 41.8 Å². The van der Waals surface area contributed by atoms with E-state index in [1.54, 1.807) is 11.3 Å². The maximum absolute atomic E-state index is 11.9. The van der Waals surface area contributed by atoms with Crippen LogP contribution in [0.1, 0.15) is 20.8 Å². The number of nitrogens with one attached hydrogen (secondary N) is 1. The molecule has 2 rings (SSSR count). The van der Waals surface area contributed by atoms with Crippen LogP contribution < -0.4 is 5.32 Å². The molecule has 0 saturated heterocycles. The zero-order chi connectivity index (χ0) is 12.1. The number of rotatable bonds is 4. The number of amides is 1. The van der Waals surface area contributed by atoms with Crippen molar-refractivity contribution < 1.29 is 4.79 Å². The number of benzene rings is 1. The summed E-state index contributed by atoms with van der Waals surface area (Å²) in [7, 11) is 0. The van der Waals surface area contributed by atoms with Crippen molar-refractivity contribution in [2.75, 3.05) is 6.54 Å². The first-order valence-corrected chi connectivity index (χ1v) is 6.51. The number of hydrogen-bond donors (Lipinski definition) is 1. The van der Waals surface area contributed by atoms with Crippen LogP contribution in [0.25, 0.3) is 0 Å². The normalized spacial score (nSPS) is 10.2. The van der Waals surface area contributed by atoms with Crippen molar-refractivity contribution in [2.24, 2.45) is 0 Å². The Morgan fingerprint density at radius 1 is 1.24 bits per heavy atom. The van der Waals surface area contributed by atoms with E-state index in [4.69, 9.17) is 0 Å². The van der Waals surface area contributed by atoms with Crippen LogP contribution >= 0.6 is 11.3 Å². The minimum atomic E-state index is 0.0136. The molecule has 0 radical (unpaired) electrons. The van der Waals surface area contributed by atoms with Crippen molar-refractivity contribution >= 4 is 17.2 Å². The molecule has 2 nitrogen and oxygen atoms in total. The van der Waals surface area contributed by atoms with Gasteiger partial charge < -0.3 is 5.32 Å². The van der Waals surface area contributed by atoms with Crippen molar-refractivity contribution in [1.29, 1.82) is 0 Å². The number of aryl methyl sites for hydroxylation is 1. The van der Waals surface area contributed by atoms with Crippen LogP contribution in [0.3, 0.4) is 0 Å². The van der Waals surface area contributed by atoms with E-state index < -0.39 is 0 Å². The second-order valence-electron chi connectivity index (χ2n) is 3.90. The molecule has 1 aromatic heterocycles. The summed E-state index contributed by atoms with van der Waals surface area (Å²) in [5.74, 6) is 0.0136. The predicted octanol–water partition coefficient (Wildman–Crippen LogP) is 3.03. The van der Waals surface area contributed by atoms with Crippen molar-refractivity contribution in [3.63, 3.8) is 0 Å². The molecule has 1 aromatic carbocycles. The Labute approximate surface area is 105 Å². The summed E-state index contributed by atoms with van der Waals surface area (Å²) in [5.41, 5.74) is 1.78. The molecule has 1 amide bonds. The summed E-state index contributed by atoms with van der Waals surface area (Å²) in [5, 5.41) is 5.00. The van der Waals surface area contributed by atoms with Crippen molar-refractivity contribution in [1.82, 2.24) is 5.32 Å². The molecule has 0 fully saturated rings. The second-order valence-corrected chi connectivity index (χ2v) is 4.93. The van der Waals surface area contributed by atoms with Crippen molar-refractivity contribution in [2.45, 2.75) is 13.3 Å². The summed E-state index contributed by atoms with van der Waals surface area (Å²) in [6, 6.07) is 11.8. The van der Waals surface area contributed by atoms with Gasteiger partial charge >= 0.3 is 0 Å². The molecule has 88 valence electrons. The topological polar surface area (TPSA) is 29.1 Å². The van der Waals surface area contributed by atoms with Gasteiger partial charge in [-0.1, -0.05) is 24.3 Å². The van der Waals surface area contributed by atoms with Gasteiger partial charge in [0.25, 0.3) is 5.91 Å². The predicted molar refractivity (Wildman–Crippen MR) is 71.5 cm³/mol. The number of thiophene rings is 1. The first-order chi connectivity index (χ1) is 8.27. The minimum Gasteiger partial charge on any atom is -0.352 e. The fourth-order valence-electron chi connectivity index (χ4n) is 1.68. The Hall–Kier alpha value is -1.61. The van der Waals surface area contributed by atoms with E-state index in [1.165, 1.54) is 4.88 Å². The van der Waals surface area contributed by atoms with E-state index >= 15 is 0 Å². The van der Waals surface area contributed by atoms with Crippen LogP contribution in [-0.2, 0) is 6.42 Å². The van der Waals surface area contributed by atoms with E-state index in [0.29, 0.717) is 6.54 Å². The van der Waals surface area contributed by atoms with Gasteiger partial charge in [-0.25, -0.2) is 0 Å². The van der Waals surface area contributed by atoms with Gasteiger partial charge in [-0.05, 0) is 36.4 Å².